The molecule has 0 bridgehead atoms. The summed E-state index contributed by atoms with van der Waals surface area (Å²) in [6.45, 7) is 2.10. The zero-order chi connectivity index (χ0) is 13.0. The van der Waals surface area contributed by atoms with Gasteiger partial charge in [0.05, 0.1) is 5.56 Å². The molecule has 94 valence electrons. The molecule has 1 N–H and O–H groups in total. The minimum atomic E-state index is -0.910. The van der Waals surface area contributed by atoms with Crippen LogP contribution in [0.1, 0.15) is 29.5 Å². The number of hydrogen-bond acceptors (Lipinski definition) is 5. The first kappa shape index (κ1) is 13.0. The Labute approximate surface area is 113 Å². The zero-order valence-corrected chi connectivity index (χ0v) is 11.4. The summed E-state index contributed by atoms with van der Waals surface area (Å²) in [6, 6.07) is 6.77. The third-order valence-electron chi connectivity index (χ3n) is 2.23. The van der Waals surface area contributed by atoms with Gasteiger partial charge in [0.15, 0.2) is 4.34 Å². The van der Waals surface area contributed by atoms with E-state index in [0.29, 0.717) is 5.56 Å². The van der Waals surface area contributed by atoms with E-state index in [0.717, 1.165) is 27.9 Å². The van der Waals surface area contributed by atoms with Crippen LogP contribution in [0.25, 0.3) is 0 Å². The van der Waals surface area contributed by atoms with Crippen molar-refractivity contribution in [3.05, 3.63) is 35.7 Å². The predicted octanol–water partition coefficient (Wildman–Crippen LogP) is 3.34. The first-order valence-corrected chi connectivity index (χ1v) is 7.12. The lowest BCUT2D eigenvalue weighted by molar-refractivity contribution is 0.0697. The molecule has 2 aromatic rings. The van der Waals surface area contributed by atoms with E-state index in [4.69, 9.17) is 5.11 Å². The Hall–Kier alpha value is -1.40. The summed E-state index contributed by atoms with van der Waals surface area (Å²) in [4.78, 5) is 16.1. The number of hydrogen-bond donors (Lipinski definition) is 1. The molecule has 0 aliphatic carbocycles. The van der Waals surface area contributed by atoms with E-state index in [-0.39, 0.29) is 0 Å². The molecule has 0 saturated heterocycles. The minimum Gasteiger partial charge on any atom is -0.478 e. The Bertz CT molecular complexity index is 537. The van der Waals surface area contributed by atoms with Gasteiger partial charge in [0, 0.05) is 11.3 Å². The van der Waals surface area contributed by atoms with E-state index < -0.39 is 5.97 Å². The lowest BCUT2D eigenvalue weighted by atomic mass is 10.2. The molecule has 6 heteroatoms. The molecule has 4 nitrogen and oxygen atoms in total. The molecule has 0 aliphatic rings. The van der Waals surface area contributed by atoms with Gasteiger partial charge in [0.1, 0.15) is 5.82 Å². The van der Waals surface area contributed by atoms with Crippen LogP contribution in [0.3, 0.4) is 0 Å². The number of carboxylic acids is 1. The van der Waals surface area contributed by atoms with Crippen molar-refractivity contribution in [2.24, 2.45) is 0 Å². The van der Waals surface area contributed by atoms with Crippen LogP contribution in [0.5, 0.6) is 0 Å². The van der Waals surface area contributed by atoms with E-state index in [1.54, 1.807) is 24.3 Å². The van der Waals surface area contributed by atoms with Crippen molar-refractivity contribution in [2.45, 2.75) is 29.0 Å². The van der Waals surface area contributed by atoms with Gasteiger partial charge in [-0.1, -0.05) is 18.7 Å². The van der Waals surface area contributed by atoms with Crippen molar-refractivity contribution in [1.82, 2.24) is 9.36 Å². The SMILES string of the molecule is CCCc1nsc(Sc2ccc(C(=O)O)cc2)n1. The monoisotopic (exact) mass is 280 g/mol. The molecule has 0 unspecified atom stereocenters. The Kier molecular flexibility index (Phi) is 4.33. The Morgan fingerprint density at radius 1 is 1.39 bits per heavy atom. The van der Waals surface area contributed by atoms with Gasteiger partial charge in [-0.05, 0) is 42.2 Å². The molecule has 0 atom stereocenters. The van der Waals surface area contributed by atoms with Crippen molar-refractivity contribution in [2.75, 3.05) is 0 Å². The molecule has 0 radical (unpaired) electrons. The van der Waals surface area contributed by atoms with E-state index in [9.17, 15) is 4.79 Å². The maximum absolute atomic E-state index is 10.7. The number of rotatable bonds is 5. The van der Waals surface area contributed by atoms with E-state index in [1.165, 1.54) is 23.3 Å². The Morgan fingerprint density at radius 3 is 2.72 bits per heavy atom. The molecule has 2 rings (SSSR count). The topological polar surface area (TPSA) is 63.1 Å². The number of carboxylic acid groups (broad SMARTS) is 1. The largest absolute Gasteiger partial charge is 0.478 e. The van der Waals surface area contributed by atoms with Crippen LogP contribution >= 0.6 is 23.3 Å². The van der Waals surface area contributed by atoms with Crippen molar-refractivity contribution in [3.8, 4) is 0 Å². The second-order valence-electron chi connectivity index (χ2n) is 3.66. The van der Waals surface area contributed by atoms with Gasteiger partial charge in [-0.3, -0.25) is 0 Å². The second-order valence-corrected chi connectivity index (χ2v) is 5.73. The highest BCUT2D eigenvalue weighted by atomic mass is 32.2. The molecule has 1 aromatic heterocycles. The molecule has 1 heterocycles. The lowest BCUT2D eigenvalue weighted by Crippen LogP contribution is -1.94. The van der Waals surface area contributed by atoms with Crippen molar-refractivity contribution in [3.63, 3.8) is 0 Å². The normalized spacial score (nSPS) is 10.5. The predicted molar refractivity (Wildman–Crippen MR) is 71.4 cm³/mol. The summed E-state index contributed by atoms with van der Waals surface area (Å²) >= 11 is 2.89. The third kappa shape index (κ3) is 3.30. The first-order chi connectivity index (χ1) is 8.69. The van der Waals surface area contributed by atoms with Crippen LogP contribution in [0, 0.1) is 0 Å². The highest BCUT2D eigenvalue weighted by Crippen LogP contribution is 2.29. The Morgan fingerprint density at radius 2 is 2.11 bits per heavy atom. The second kappa shape index (κ2) is 5.97. The molecular weight excluding hydrogens is 268 g/mol. The van der Waals surface area contributed by atoms with E-state index in [2.05, 4.69) is 16.3 Å². The third-order valence-corrected chi connectivity index (χ3v) is 4.03. The van der Waals surface area contributed by atoms with Gasteiger partial charge >= 0.3 is 5.97 Å². The molecule has 1 aromatic carbocycles. The summed E-state index contributed by atoms with van der Waals surface area (Å²) in [6.07, 6.45) is 1.93. The van der Waals surface area contributed by atoms with Crippen LogP contribution in [0.4, 0.5) is 0 Å². The molecular formula is C12H12N2O2S2. The summed E-state index contributed by atoms with van der Waals surface area (Å²) in [5.41, 5.74) is 0.295. The zero-order valence-electron chi connectivity index (χ0n) is 9.79. The minimum absolute atomic E-state index is 0.295. The highest BCUT2D eigenvalue weighted by molar-refractivity contribution is 8.01. The molecule has 0 amide bonds. The van der Waals surface area contributed by atoms with Gasteiger partial charge in [0.25, 0.3) is 0 Å². The number of aryl methyl sites for hydroxylation is 1. The van der Waals surface area contributed by atoms with Crippen LogP contribution in [-0.2, 0) is 6.42 Å². The van der Waals surface area contributed by atoms with Crippen LogP contribution in [0.2, 0.25) is 0 Å². The number of aromatic carboxylic acids is 1. The van der Waals surface area contributed by atoms with Gasteiger partial charge < -0.3 is 5.11 Å². The van der Waals surface area contributed by atoms with Crippen molar-refractivity contribution >= 4 is 29.3 Å². The quantitative estimate of drug-likeness (QED) is 0.910. The van der Waals surface area contributed by atoms with Gasteiger partial charge in [0.2, 0.25) is 0 Å². The van der Waals surface area contributed by atoms with E-state index in [1.807, 2.05) is 0 Å². The van der Waals surface area contributed by atoms with Crippen molar-refractivity contribution in [1.29, 1.82) is 0 Å². The first-order valence-electron chi connectivity index (χ1n) is 5.53. The smallest absolute Gasteiger partial charge is 0.335 e. The van der Waals surface area contributed by atoms with Crippen LogP contribution in [0.15, 0.2) is 33.5 Å². The molecule has 18 heavy (non-hydrogen) atoms. The molecule has 0 fully saturated rings. The van der Waals surface area contributed by atoms with Crippen LogP contribution in [-0.4, -0.2) is 20.4 Å². The average Bonchev–Trinajstić information content (AvgIpc) is 2.78. The van der Waals surface area contributed by atoms with E-state index >= 15 is 0 Å². The Balaban J connectivity index is 2.06. The molecule has 0 spiro atoms. The fraction of sp³-hybridized carbons (Fsp3) is 0.250. The summed E-state index contributed by atoms with van der Waals surface area (Å²) in [5, 5.41) is 8.80. The van der Waals surface area contributed by atoms with Crippen LogP contribution < -0.4 is 0 Å². The maximum atomic E-state index is 10.7. The number of benzene rings is 1. The molecule has 0 aliphatic heterocycles. The fourth-order valence-corrected chi connectivity index (χ4v) is 3.01. The molecule has 0 saturated carbocycles. The summed E-state index contributed by atoms with van der Waals surface area (Å²) < 4.78 is 5.15. The maximum Gasteiger partial charge on any atom is 0.335 e. The average molecular weight is 280 g/mol. The number of aromatic nitrogens is 2. The highest BCUT2D eigenvalue weighted by Gasteiger charge is 2.06. The number of carbonyl (C=O) groups is 1. The van der Waals surface area contributed by atoms with Gasteiger partial charge in [-0.25, -0.2) is 9.78 Å². The standard InChI is InChI=1S/C12H12N2O2S2/c1-2-3-10-13-12(18-14-10)17-9-6-4-8(5-7-9)11(15)16/h4-7H,2-3H2,1H3,(H,15,16). The lowest BCUT2D eigenvalue weighted by Gasteiger charge is -1.98. The number of nitrogens with zero attached hydrogens (tertiary/aromatic N) is 2. The summed E-state index contributed by atoms with van der Waals surface area (Å²) in [7, 11) is 0. The van der Waals surface area contributed by atoms with Crippen molar-refractivity contribution < 1.29 is 9.90 Å². The summed E-state index contributed by atoms with van der Waals surface area (Å²) in [5.74, 6) is -0.0279. The fourth-order valence-electron chi connectivity index (χ4n) is 1.37. The van der Waals surface area contributed by atoms with Gasteiger partial charge in [-0.15, -0.1) is 0 Å². The van der Waals surface area contributed by atoms with Gasteiger partial charge in [-0.2, -0.15) is 4.37 Å².